The summed E-state index contributed by atoms with van der Waals surface area (Å²) < 4.78 is 26.7. The number of aromatic nitrogens is 2. The highest BCUT2D eigenvalue weighted by atomic mass is 35.5. The van der Waals surface area contributed by atoms with Crippen molar-refractivity contribution in [3.63, 3.8) is 0 Å². The van der Waals surface area contributed by atoms with E-state index in [9.17, 15) is 13.2 Å². The van der Waals surface area contributed by atoms with Gasteiger partial charge in [0.1, 0.15) is 0 Å². The lowest BCUT2D eigenvalue weighted by molar-refractivity contribution is -0.121. The van der Waals surface area contributed by atoms with Gasteiger partial charge in [-0.25, -0.2) is 13.1 Å². The topological polar surface area (TPSA) is 104 Å². The molecule has 3 aromatic rings. The van der Waals surface area contributed by atoms with Gasteiger partial charge in [0.2, 0.25) is 15.9 Å². The van der Waals surface area contributed by atoms with Crippen LogP contribution in [0.25, 0.3) is 11.3 Å². The maximum absolute atomic E-state index is 12.2. The number of halogens is 1. The summed E-state index contributed by atoms with van der Waals surface area (Å²) in [5.41, 5.74) is 2.86. The SMILES string of the molecule is O=C(CCNS(=O)(=O)c1cccc(Cl)c1)NCc1ccc(-c2ccn[nH]2)cc1. The number of hydrogen-bond acceptors (Lipinski definition) is 4. The second-order valence-corrected chi connectivity index (χ2v) is 8.25. The predicted molar refractivity (Wildman–Crippen MR) is 107 cm³/mol. The van der Waals surface area contributed by atoms with Crippen molar-refractivity contribution in [2.75, 3.05) is 6.54 Å². The lowest BCUT2D eigenvalue weighted by Crippen LogP contribution is -2.30. The standard InChI is InChI=1S/C19H19ClN4O3S/c20-16-2-1-3-17(12-16)28(26,27)23-11-9-19(25)21-13-14-4-6-15(7-5-14)18-8-10-22-24-18/h1-8,10,12,23H,9,11,13H2,(H,21,25)(H,22,24). The van der Waals surface area contributed by atoms with Crippen molar-refractivity contribution in [2.24, 2.45) is 0 Å². The maximum atomic E-state index is 12.2. The molecule has 0 spiro atoms. The lowest BCUT2D eigenvalue weighted by Gasteiger charge is -2.08. The van der Waals surface area contributed by atoms with Gasteiger partial charge in [-0.15, -0.1) is 0 Å². The summed E-state index contributed by atoms with van der Waals surface area (Å²) in [7, 11) is -3.69. The van der Waals surface area contributed by atoms with Crippen molar-refractivity contribution in [1.29, 1.82) is 0 Å². The van der Waals surface area contributed by atoms with Gasteiger partial charge in [0.15, 0.2) is 0 Å². The fraction of sp³-hybridized carbons (Fsp3) is 0.158. The van der Waals surface area contributed by atoms with Crippen molar-refractivity contribution >= 4 is 27.5 Å². The minimum absolute atomic E-state index is 0.000554. The second-order valence-electron chi connectivity index (χ2n) is 6.05. The molecule has 0 aliphatic heterocycles. The minimum atomic E-state index is -3.69. The highest BCUT2D eigenvalue weighted by molar-refractivity contribution is 7.89. The van der Waals surface area contributed by atoms with Gasteiger partial charge in [-0.2, -0.15) is 5.10 Å². The molecule has 3 N–H and O–H groups in total. The molecule has 1 amide bonds. The molecule has 1 aromatic heterocycles. The number of hydrogen-bond donors (Lipinski definition) is 3. The number of benzene rings is 2. The molecule has 0 fully saturated rings. The summed E-state index contributed by atoms with van der Waals surface area (Å²) in [5, 5.41) is 9.91. The Morgan fingerprint density at radius 1 is 1.11 bits per heavy atom. The molecule has 0 aliphatic carbocycles. The van der Waals surface area contributed by atoms with Crippen LogP contribution >= 0.6 is 11.6 Å². The van der Waals surface area contributed by atoms with E-state index in [0.29, 0.717) is 11.6 Å². The Labute approximate surface area is 168 Å². The Balaban J connectivity index is 1.44. The van der Waals surface area contributed by atoms with Gasteiger partial charge in [-0.3, -0.25) is 9.89 Å². The highest BCUT2D eigenvalue weighted by Crippen LogP contribution is 2.17. The van der Waals surface area contributed by atoms with E-state index in [1.54, 1.807) is 18.3 Å². The van der Waals surface area contributed by atoms with Gasteiger partial charge in [0.05, 0.1) is 10.6 Å². The van der Waals surface area contributed by atoms with Crippen LogP contribution in [0.4, 0.5) is 0 Å². The molecule has 3 rings (SSSR count). The van der Waals surface area contributed by atoms with Gasteiger partial charge in [0.25, 0.3) is 0 Å². The van der Waals surface area contributed by atoms with Crippen molar-refractivity contribution in [2.45, 2.75) is 17.9 Å². The third-order valence-electron chi connectivity index (χ3n) is 4.01. The molecule has 0 aliphatic rings. The van der Waals surface area contributed by atoms with Crippen LogP contribution in [0.3, 0.4) is 0 Å². The molecule has 0 unspecified atom stereocenters. The van der Waals surface area contributed by atoms with E-state index in [2.05, 4.69) is 20.2 Å². The Morgan fingerprint density at radius 3 is 2.57 bits per heavy atom. The lowest BCUT2D eigenvalue weighted by atomic mass is 10.1. The van der Waals surface area contributed by atoms with Gasteiger partial charge in [0, 0.05) is 30.7 Å². The van der Waals surface area contributed by atoms with E-state index >= 15 is 0 Å². The maximum Gasteiger partial charge on any atom is 0.240 e. The zero-order valence-corrected chi connectivity index (χ0v) is 16.4. The first-order chi connectivity index (χ1) is 13.4. The highest BCUT2D eigenvalue weighted by Gasteiger charge is 2.14. The predicted octanol–water partition coefficient (Wildman–Crippen LogP) is 2.71. The molecule has 0 radical (unpaired) electrons. The number of nitrogens with one attached hydrogen (secondary N) is 3. The summed E-state index contributed by atoms with van der Waals surface area (Å²) in [6.45, 7) is 0.364. The van der Waals surface area contributed by atoms with Crippen molar-refractivity contribution in [1.82, 2.24) is 20.2 Å². The fourth-order valence-corrected chi connectivity index (χ4v) is 3.86. The molecule has 0 saturated carbocycles. The van der Waals surface area contributed by atoms with E-state index in [0.717, 1.165) is 16.8 Å². The smallest absolute Gasteiger partial charge is 0.240 e. The molecule has 146 valence electrons. The van der Waals surface area contributed by atoms with Crippen molar-refractivity contribution in [3.05, 3.63) is 71.4 Å². The zero-order valence-electron chi connectivity index (χ0n) is 14.9. The molecular formula is C19H19ClN4O3S. The summed E-state index contributed by atoms with van der Waals surface area (Å²) in [4.78, 5) is 12.0. The molecule has 9 heteroatoms. The molecular weight excluding hydrogens is 400 g/mol. The molecule has 1 heterocycles. The van der Waals surface area contributed by atoms with E-state index in [-0.39, 0.29) is 23.8 Å². The molecule has 0 bridgehead atoms. The van der Waals surface area contributed by atoms with Crippen LogP contribution < -0.4 is 10.0 Å². The third-order valence-corrected chi connectivity index (χ3v) is 5.70. The van der Waals surface area contributed by atoms with Gasteiger partial charge >= 0.3 is 0 Å². The second kappa shape index (κ2) is 9.01. The first-order valence-corrected chi connectivity index (χ1v) is 10.4. The molecule has 0 atom stereocenters. The number of carbonyl (C=O) groups is 1. The third kappa shape index (κ3) is 5.41. The van der Waals surface area contributed by atoms with Crippen LogP contribution in [0.15, 0.2) is 65.7 Å². The summed E-state index contributed by atoms with van der Waals surface area (Å²) in [6, 6.07) is 15.5. The van der Waals surface area contributed by atoms with Gasteiger partial charge < -0.3 is 5.32 Å². The van der Waals surface area contributed by atoms with Crippen molar-refractivity contribution in [3.8, 4) is 11.3 Å². The number of rotatable bonds is 8. The number of nitrogens with zero attached hydrogens (tertiary/aromatic N) is 1. The minimum Gasteiger partial charge on any atom is -0.352 e. The van der Waals surface area contributed by atoms with Gasteiger partial charge in [-0.1, -0.05) is 41.9 Å². The average Bonchev–Trinajstić information content (AvgIpc) is 3.21. The monoisotopic (exact) mass is 418 g/mol. The Bertz CT molecular complexity index is 1040. The van der Waals surface area contributed by atoms with Crippen LogP contribution in [0.5, 0.6) is 0 Å². The van der Waals surface area contributed by atoms with Crippen LogP contribution in [0.1, 0.15) is 12.0 Å². The number of H-pyrrole nitrogens is 1. The molecule has 0 saturated heterocycles. The summed E-state index contributed by atoms with van der Waals surface area (Å²) in [6.07, 6.45) is 1.72. The number of amides is 1. The van der Waals surface area contributed by atoms with Crippen LogP contribution in [-0.4, -0.2) is 31.1 Å². The molecule has 7 nitrogen and oxygen atoms in total. The average molecular weight is 419 g/mol. The summed E-state index contributed by atoms with van der Waals surface area (Å²) in [5.74, 6) is -0.244. The van der Waals surface area contributed by atoms with Crippen LogP contribution in [-0.2, 0) is 21.4 Å². The normalized spacial score (nSPS) is 11.3. The molecule has 28 heavy (non-hydrogen) atoms. The number of aromatic amines is 1. The van der Waals surface area contributed by atoms with Gasteiger partial charge in [-0.05, 0) is 35.4 Å². The van der Waals surface area contributed by atoms with E-state index in [4.69, 9.17) is 11.6 Å². The Kier molecular flexibility index (Phi) is 6.45. The Morgan fingerprint density at radius 2 is 1.89 bits per heavy atom. The first kappa shape index (κ1) is 20.1. The van der Waals surface area contributed by atoms with E-state index < -0.39 is 10.0 Å². The summed E-state index contributed by atoms with van der Waals surface area (Å²) >= 11 is 5.81. The first-order valence-electron chi connectivity index (χ1n) is 8.55. The number of sulfonamides is 1. The molecule has 2 aromatic carbocycles. The largest absolute Gasteiger partial charge is 0.352 e. The zero-order chi connectivity index (χ0) is 20.0. The Hall–Kier alpha value is -2.68. The van der Waals surface area contributed by atoms with E-state index in [1.807, 2.05) is 30.3 Å². The van der Waals surface area contributed by atoms with Crippen molar-refractivity contribution < 1.29 is 13.2 Å². The quantitative estimate of drug-likeness (QED) is 0.523. The fourth-order valence-electron chi connectivity index (χ4n) is 2.52. The van der Waals surface area contributed by atoms with Crippen LogP contribution in [0, 0.1) is 0 Å². The van der Waals surface area contributed by atoms with E-state index in [1.165, 1.54) is 12.1 Å². The number of carbonyl (C=O) groups excluding carboxylic acids is 1. The van der Waals surface area contributed by atoms with Crippen LogP contribution in [0.2, 0.25) is 5.02 Å².